The number of fused-ring (bicyclic) bond motifs is 4. The highest BCUT2D eigenvalue weighted by molar-refractivity contribution is 6.10. The molecular formula is C34H30O. The topological polar surface area (TPSA) is 9.23 Å². The Morgan fingerprint density at radius 2 is 0.714 bits per heavy atom. The van der Waals surface area contributed by atoms with Gasteiger partial charge in [0.15, 0.2) is 0 Å². The summed E-state index contributed by atoms with van der Waals surface area (Å²) < 4.78 is 7.04. The minimum absolute atomic E-state index is 0.967. The number of hydrogen-bond acceptors (Lipinski definition) is 1. The van der Waals surface area contributed by atoms with E-state index in [1.807, 2.05) is 0 Å². The maximum absolute atomic E-state index is 7.04. The molecule has 0 aliphatic carbocycles. The van der Waals surface area contributed by atoms with E-state index >= 15 is 0 Å². The molecule has 0 radical (unpaired) electrons. The maximum Gasteiger partial charge on any atom is 0.138 e. The summed E-state index contributed by atoms with van der Waals surface area (Å²) in [6.07, 6.45) is 0. The van der Waals surface area contributed by atoms with Crippen LogP contribution in [0, 0.1) is 41.5 Å². The first-order valence-corrected chi connectivity index (χ1v) is 12.4. The van der Waals surface area contributed by atoms with Gasteiger partial charge in [-0.2, -0.15) is 0 Å². The minimum Gasteiger partial charge on any atom is -0.455 e. The molecule has 0 aliphatic rings. The third-order valence-electron chi connectivity index (χ3n) is 7.94. The summed E-state index contributed by atoms with van der Waals surface area (Å²) in [6, 6.07) is 26.3. The molecule has 0 spiro atoms. The average Bonchev–Trinajstić information content (AvgIpc) is 2.88. The highest BCUT2D eigenvalue weighted by Gasteiger charge is 2.19. The quantitative estimate of drug-likeness (QED) is 0.237. The molecule has 0 fully saturated rings. The Hall–Kier alpha value is -3.84. The monoisotopic (exact) mass is 454 g/mol. The molecule has 1 heteroatoms. The van der Waals surface area contributed by atoms with Crippen LogP contribution in [0.4, 0.5) is 0 Å². The number of hydrogen-bond donors (Lipinski definition) is 0. The number of aryl methyl sites for hydroxylation is 6. The lowest BCUT2D eigenvalue weighted by Crippen LogP contribution is -1.98. The van der Waals surface area contributed by atoms with Crippen LogP contribution in [0.1, 0.15) is 33.4 Å². The summed E-state index contributed by atoms with van der Waals surface area (Å²) in [7, 11) is 0. The Balaban J connectivity index is 1.71. The van der Waals surface area contributed by atoms with E-state index in [4.69, 9.17) is 4.74 Å². The third kappa shape index (κ3) is 3.08. The molecule has 6 aromatic carbocycles. The van der Waals surface area contributed by atoms with Crippen molar-refractivity contribution in [2.75, 3.05) is 0 Å². The van der Waals surface area contributed by atoms with Gasteiger partial charge in [-0.05, 0) is 107 Å². The van der Waals surface area contributed by atoms with Crippen LogP contribution in [0.3, 0.4) is 0 Å². The molecule has 172 valence electrons. The molecule has 0 aliphatic heterocycles. The van der Waals surface area contributed by atoms with E-state index in [1.54, 1.807) is 0 Å². The van der Waals surface area contributed by atoms with Gasteiger partial charge in [-0.1, -0.05) is 72.8 Å². The molecule has 0 bridgehead atoms. The van der Waals surface area contributed by atoms with Crippen LogP contribution >= 0.6 is 0 Å². The molecule has 0 aromatic heterocycles. The van der Waals surface area contributed by atoms with Crippen molar-refractivity contribution in [2.45, 2.75) is 41.5 Å². The summed E-state index contributed by atoms with van der Waals surface area (Å²) in [5, 5.41) is 10.2. The van der Waals surface area contributed by atoms with Crippen LogP contribution in [-0.4, -0.2) is 0 Å². The lowest BCUT2D eigenvalue weighted by Gasteiger charge is -2.21. The van der Waals surface area contributed by atoms with E-state index in [0.29, 0.717) is 0 Å². The van der Waals surface area contributed by atoms with Gasteiger partial charge in [-0.25, -0.2) is 0 Å². The molecule has 1 nitrogen and oxygen atoms in total. The first-order valence-electron chi connectivity index (χ1n) is 12.4. The summed E-state index contributed by atoms with van der Waals surface area (Å²) in [5.74, 6) is 1.93. The average molecular weight is 455 g/mol. The van der Waals surface area contributed by atoms with E-state index in [9.17, 15) is 0 Å². The van der Waals surface area contributed by atoms with Crippen LogP contribution in [0.25, 0.3) is 43.1 Å². The van der Waals surface area contributed by atoms with E-state index in [2.05, 4.69) is 114 Å². The Morgan fingerprint density at radius 1 is 0.371 bits per heavy atom. The zero-order valence-corrected chi connectivity index (χ0v) is 21.3. The molecule has 0 saturated carbocycles. The second-order valence-electron chi connectivity index (χ2n) is 9.96. The molecule has 0 N–H and O–H groups in total. The van der Waals surface area contributed by atoms with Crippen molar-refractivity contribution < 1.29 is 4.74 Å². The van der Waals surface area contributed by atoms with E-state index in [1.165, 1.54) is 65.3 Å². The van der Waals surface area contributed by atoms with Crippen molar-refractivity contribution in [3.63, 3.8) is 0 Å². The molecule has 0 saturated heterocycles. The van der Waals surface area contributed by atoms with Crippen molar-refractivity contribution in [1.29, 1.82) is 0 Å². The lowest BCUT2D eigenvalue weighted by atomic mass is 9.90. The highest BCUT2D eigenvalue weighted by atomic mass is 16.5. The molecular weight excluding hydrogens is 424 g/mol. The van der Waals surface area contributed by atoms with Crippen LogP contribution in [0.15, 0.2) is 72.8 Å². The number of rotatable bonds is 2. The fourth-order valence-corrected chi connectivity index (χ4v) is 5.94. The molecule has 0 atom stereocenters. The molecule has 0 heterocycles. The van der Waals surface area contributed by atoms with Crippen LogP contribution in [-0.2, 0) is 0 Å². The van der Waals surface area contributed by atoms with Gasteiger partial charge in [-0.15, -0.1) is 0 Å². The smallest absolute Gasteiger partial charge is 0.138 e. The van der Waals surface area contributed by atoms with E-state index < -0.39 is 0 Å². The Kier molecular flexibility index (Phi) is 4.86. The molecule has 0 unspecified atom stereocenters. The van der Waals surface area contributed by atoms with Gasteiger partial charge < -0.3 is 4.74 Å². The van der Waals surface area contributed by atoms with E-state index in [0.717, 1.165) is 22.6 Å². The van der Waals surface area contributed by atoms with E-state index in [-0.39, 0.29) is 0 Å². The fraction of sp³-hybridized carbons (Fsp3) is 0.176. The zero-order valence-electron chi connectivity index (χ0n) is 21.3. The van der Waals surface area contributed by atoms with Crippen LogP contribution in [0.2, 0.25) is 0 Å². The van der Waals surface area contributed by atoms with Gasteiger partial charge in [0.25, 0.3) is 0 Å². The fourth-order valence-electron chi connectivity index (χ4n) is 5.94. The Morgan fingerprint density at radius 3 is 1.09 bits per heavy atom. The lowest BCUT2D eigenvalue weighted by molar-refractivity contribution is 0.486. The van der Waals surface area contributed by atoms with Crippen molar-refractivity contribution >= 4 is 43.1 Å². The predicted molar refractivity (Wildman–Crippen MR) is 151 cm³/mol. The van der Waals surface area contributed by atoms with Gasteiger partial charge in [0.05, 0.1) is 0 Å². The largest absolute Gasteiger partial charge is 0.455 e. The van der Waals surface area contributed by atoms with Gasteiger partial charge in [-0.3, -0.25) is 0 Å². The molecule has 6 aromatic rings. The van der Waals surface area contributed by atoms with Crippen LogP contribution in [0.5, 0.6) is 11.5 Å². The second kappa shape index (κ2) is 7.85. The van der Waals surface area contributed by atoms with Crippen molar-refractivity contribution in [3.05, 3.63) is 106 Å². The minimum atomic E-state index is 0.967. The van der Waals surface area contributed by atoms with Gasteiger partial charge >= 0.3 is 0 Å². The Labute approximate surface area is 207 Å². The van der Waals surface area contributed by atoms with Gasteiger partial charge in [0.2, 0.25) is 0 Å². The Bertz CT molecular complexity index is 1690. The first-order chi connectivity index (χ1) is 16.9. The first kappa shape index (κ1) is 21.7. The number of ether oxygens (including phenoxy) is 1. The van der Waals surface area contributed by atoms with Gasteiger partial charge in [0.1, 0.15) is 11.5 Å². The van der Waals surface area contributed by atoms with Crippen molar-refractivity contribution in [2.24, 2.45) is 0 Å². The van der Waals surface area contributed by atoms with Crippen LogP contribution < -0.4 is 4.74 Å². The zero-order chi connectivity index (χ0) is 24.4. The molecule has 0 amide bonds. The summed E-state index contributed by atoms with van der Waals surface area (Å²) in [4.78, 5) is 0. The maximum atomic E-state index is 7.04. The molecule has 35 heavy (non-hydrogen) atoms. The highest BCUT2D eigenvalue weighted by Crippen LogP contribution is 2.45. The predicted octanol–water partition coefficient (Wildman–Crippen LogP) is 9.94. The standard InChI is InChI=1S/C34H30O/c1-19-15-17-29-21(3)25-11-7-9-13-27(25)23(5)31(29)33(19)35-34-20(2)16-18-30-22(4)26-12-8-10-14-28(26)24(6)32(30)34/h7-18H,1-6H3. The summed E-state index contributed by atoms with van der Waals surface area (Å²) in [6.45, 7) is 13.2. The molecule has 6 rings (SSSR count). The normalized spacial score (nSPS) is 11.7. The third-order valence-corrected chi connectivity index (χ3v) is 7.94. The summed E-state index contributed by atoms with van der Waals surface area (Å²) in [5.41, 5.74) is 7.47. The van der Waals surface area contributed by atoms with Crippen molar-refractivity contribution in [3.8, 4) is 11.5 Å². The summed E-state index contributed by atoms with van der Waals surface area (Å²) >= 11 is 0. The number of benzene rings is 6. The van der Waals surface area contributed by atoms with Gasteiger partial charge in [0, 0.05) is 10.8 Å². The second-order valence-corrected chi connectivity index (χ2v) is 9.96. The SMILES string of the molecule is Cc1ccc2c(C)c3ccccc3c(C)c2c1Oc1c(C)ccc2c(C)c3ccccc3c(C)c12. The van der Waals surface area contributed by atoms with Crippen molar-refractivity contribution in [1.82, 2.24) is 0 Å².